The molecule has 16 aromatic rings. The minimum Gasteiger partial charge on any atom is -0.307 e. The van der Waals surface area contributed by atoms with Gasteiger partial charge in [-0.15, -0.1) is 0 Å². The third-order valence-electron chi connectivity index (χ3n) is 20.2. The normalized spacial score (nSPS) is 13.8. The van der Waals surface area contributed by atoms with E-state index in [9.17, 15) is 5.26 Å². The Morgan fingerprint density at radius 1 is 0.362 bits per heavy atom. The quantitative estimate of drug-likeness (QED) is 0.142. The van der Waals surface area contributed by atoms with Crippen molar-refractivity contribution in [2.45, 2.75) is 51.4 Å². The van der Waals surface area contributed by atoms with E-state index in [1.165, 1.54) is 33.0 Å². The number of benzene rings is 12. The van der Waals surface area contributed by atoms with Crippen LogP contribution in [0.15, 0.2) is 285 Å². The maximum Gasteiger partial charge on any atom is 0.104 e. The number of nitrogens with zero attached hydrogens (tertiary/aromatic N) is 5. The summed E-state index contributed by atoms with van der Waals surface area (Å²) < 4.78 is 10.1. The van der Waals surface area contributed by atoms with Gasteiger partial charge < -0.3 is 18.3 Å². The molecule has 0 bridgehead atoms. The van der Waals surface area contributed by atoms with E-state index in [4.69, 9.17) is 0 Å². The number of fused-ring (bicyclic) bond motifs is 12. The van der Waals surface area contributed by atoms with Gasteiger partial charge in [-0.05, 0) is 153 Å². The Bertz CT molecular complexity index is 5700. The zero-order valence-electron chi connectivity index (χ0n) is 52.7. The molecular weight excluding hydrogens is 1140 g/mol. The summed E-state index contributed by atoms with van der Waals surface area (Å²) in [6, 6.07) is 104. The summed E-state index contributed by atoms with van der Waals surface area (Å²) in [5, 5.41) is 20.2. The standard InChI is InChI=1S/C89H65N5/c1-89(2,3)66-34-24-33-65(51-66)84-87(93-80-47-43-61(57-25-8-4-9-26-57)52-71(80)72-53-62(44-48-81(72)93)58-27-10-5-11-28-58)85(91-76-39-20-16-35-67(76)68-36-17-21-40-77(68)91)75(56-90)86(92-78-41-22-18-37-69(78)70-38-19-23-42-79(70)92)88(84)94-82-49-45-63(59-29-12-6-13-30-59)54-73(82)74-55-64(46-50-83(74)94)60-31-14-7-15-32-60/h4-18,20-37,39-52,54-55,62H,19,38,53H2,1-3H3. The van der Waals surface area contributed by atoms with Gasteiger partial charge in [-0.25, -0.2) is 0 Å². The fourth-order valence-electron chi connectivity index (χ4n) is 15.8. The summed E-state index contributed by atoms with van der Waals surface area (Å²) in [5.74, 6) is 0.126. The zero-order valence-corrected chi connectivity index (χ0v) is 52.7. The number of para-hydroxylation sites is 3. The molecule has 0 saturated heterocycles. The van der Waals surface area contributed by atoms with Crippen LogP contribution in [0.2, 0.25) is 0 Å². The number of nitriles is 1. The number of allylic oxidation sites excluding steroid dienone is 2. The Labute approximate surface area is 546 Å². The molecule has 18 rings (SSSR count). The molecule has 0 spiro atoms. The first-order valence-electron chi connectivity index (χ1n) is 33.0. The molecule has 1 atom stereocenters. The molecule has 0 N–H and O–H groups in total. The second kappa shape index (κ2) is 21.7. The van der Waals surface area contributed by atoms with Gasteiger partial charge in [0.2, 0.25) is 0 Å². The van der Waals surface area contributed by atoms with E-state index < -0.39 is 0 Å². The van der Waals surface area contributed by atoms with Gasteiger partial charge >= 0.3 is 0 Å². The molecule has 0 saturated carbocycles. The summed E-state index contributed by atoms with van der Waals surface area (Å²) in [6.45, 7) is 6.96. The topological polar surface area (TPSA) is 43.5 Å². The molecule has 2 aliphatic rings. The van der Waals surface area contributed by atoms with Crippen LogP contribution in [0.1, 0.15) is 72.3 Å². The highest BCUT2D eigenvalue weighted by Crippen LogP contribution is 2.54. The van der Waals surface area contributed by atoms with Crippen molar-refractivity contribution in [3.63, 3.8) is 0 Å². The zero-order chi connectivity index (χ0) is 62.8. The van der Waals surface area contributed by atoms with Crippen LogP contribution in [0.4, 0.5) is 0 Å². The summed E-state index contributed by atoms with van der Waals surface area (Å²) in [6.07, 6.45) is 12.1. The highest BCUT2D eigenvalue weighted by atomic mass is 15.1. The van der Waals surface area contributed by atoms with Crippen LogP contribution in [0.5, 0.6) is 0 Å². The molecule has 0 radical (unpaired) electrons. The number of aryl methyl sites for hydroxylation is 1. The van der Waals surface area contributed by atoms with E-state index in [-0.39, 0.29) is 11.3 Å². The maximum atomic E-state index is 13.4. The lowest BCUT2D eigenvalue weighted by molar-refractivity contribution is 0.590. The molecule has 0 fully saturated rings. The highest BCUT2D eigenvalue weighted by molar-refractivity contribution is 6.15. The van der Waals surface area contributed by atoms with Crippen molar-refractivity contribution in [1.29, 1.82) is 5.26 Å². The molecule has 446 valence electrons. The van der Waals surface area contributed by atoms with E-state index in [1.54, 1.807) is 0 Å². The lowest BCUT2D eigenvalue weighted by Gasteiger charge is -2.31. The second-order valence-corrected chi connectivity index (χ2v) is 26.5. The monoisotopic (exact) mass is 1200 g/mol. The fraction of sp³-hybridized carbons (Fsp3) is 0.0899. The predicted octanol–water partition coefficient (Wildman–Crippen LogP) is 22.9. The largest absolute Gasteiger partial charge is 0.307 e. The van der Waals surface area contributed by atoms with Crippen LogP contribution in [-0.4, -0.2) is 18.3 Å². The van der Waals surface area contributed by atoms with E-state index in [1.807, 2.05) is 0 Å². The van der Waals surface area contributed by atoms with Crippen molar-refractivity contribution in [1.82, 2.24) is 18.3 Å². The average Bonchev–Trinajstić information content (AvgIpc) is 1.40. The third kappa shape index (κ3) is 8.60. The fourth-order valence-corrected chi connectivity index (χ4v) is 15.8. The number of rotatable bonds is 9. The minimum absolute atomic E-state index is 0.126. The average molecular weight is 1200 g/mol. The highest BCUT2D eigenvalue weighted by Gasteiger charge is 2.37. The Hall–Kier alpha value is -11.7. The summed E-state index contributed by atoms with van der Waals surface area (Å²) >= 11 is 0. The SMILES string of the molecule is CC(C)(C)c1cccc(-c2c(-n3c4c(c5cc(-c6ccccc6)ccc53)CC(c3ccccc3)C=C4)c(-n3c4ccccc4c4ccccc43)c(C#N)c(-n3c4c(c5ccccc53)CCC=C4)c2-n2c3ccc(-c4ccccc4)cc3c3cc(-c4ccccc4)ccc32)c1. The van der Waals surface area contributed by atoms with Gasteiger partial charge in [0.25, 0.3) is 0 Å². The summed E-state index contributed by atoms with van der Waals surface area (Å²) in [5.41, 5.74) is 26.2. The van der Waals surface area contributed by atoms with Crippen molar-refractivity contribution in [2.75, 3.05) is 0 Å². The lowest BCUT2D eigenvalue weighted by Crippen LogP contribution is -2.18. The van der Waals surface area contributed by atoms with Gasteiger partial charge in [-0.2, -0.15) is 5.26 Å². The first-order valence-corrected chi connectivity index (χ1v) is 33.0. The van der Waals surface area contributed by atoms with Crippen LogP contribution in [0.3, 0.4) is 0 Å². The van der Waals surface area contributed by atoms with Gasteiger partial charge in [0.05, 0.1) is 55.8 Å². The van der Waals surface area contributed by atoms with E-state index in [0.29, 0.717) is 5.56 Å². The maximum absolute atomic E-state index is 13.4. The van der Waals surface area contributed by atoms with E-state index in [0.717, 1.165) is 153 Å². The smallest absolute Gasteiger partial charge is 0.104 e. The van der Waals surface area contributed by atoms with Crippen LogP contribution >= 0.6 is 0 Å². The molecule has 94 heavy (non-hydrogen) atoms. The van der Waals surface area contributed by atoms with Crippen molar-refractivity contribution in [3.05, 3.63) is 324 Å². The van der Waals surface area contributed by atoms with Crippen LogP contribution in [0.25, 0.3) is 145 Å². The number of hydrogen-bond acceptors (Lipinski definition) is 1. The number of aromatic nitrogens is 4. The van der Waals surface area contributed by atoms with Gasteiger partial charge in [-0.3, -0.25) is 0 Å². The first-order chi connectivity index (χ1) is 46.3. The van der Waals surface area contributed by atoms with Gasteiger partial charge in [0, 0.05) is 55.2 Å². The van der Waals surface area contributed by atoms with Crippen molar-refractivity contribution in [3.8, 4) is 73.3 Å². The molecule has 4 aromatic heterocycles. The summed E-state index contributed by atoms with van der Waals surface area (Å²) in [4.78, 5) is 0. The summed E-state index contributed by atoms with van der Waals surface area (Å²) in [7, 11) is 0. The molecule has 5 nitrogen and oxygen atoms in total. The predicted molar refractivity (Wildman–Crippen MR) is 393 cm³/mol. The van der Waals surface area contributed by atoms with Gasteiger partial charge in [0.1, 0.15) is 11.6 Å². The lowest BCUT2D eigenvalue weighted by atomic mass is 9.84. The molecule has 0 amide bonds. The van der Waals surface area contributed by atoms with Gasteiger partial charge in [0.15, 0.2) is 0 Å². The van der Waals surface area contributed by atoms with E-state index >= 15 is 0 Å². The van der Waals surface area contributed by atoms with E-state index in [2.05, 4.69) is 342 Å². The third-order valence-corrected chi connectivity index (χ3v) is 20.2. The minimum atomic E-state index is -0.237. The molecule has 1 unspecified atom stereocenters. The second-order valence-electron chi connectivity index (χ2n) is 26.5. The molecule has 2 aliphatic carbocycles. The van der Waals surface area contributed by atoms with Crippen molar-refractivity contribution in [2.24, 2.45) is 0 Å². The molecule has 12 aromatic carbocycles. The molecule has 5 heteroatoms. The molecule has 0 aliphatic heterocycles. The number of hydrogen-bond donors (Lipinski definition) is 0. The first kappa shape index (κ1) is 55.2. The van der Waals surface area contributed by atoms with Crippen molar-refractivity contribution >= 4 is 77.6 Å². The Kier molecular flexibility index (Phi) is 12.8. The molecular formula is C89H65N5. The van der Waals surface area contributed by atoms with Crippen LogP contribution < -0.4 is 0 Å². The Balaban J connectivity index is 1.12. The Morgan fingerprint density at radius 3 is 1.36 bits per heavy atom. The molecule has 4 heterocycles. The van der Waals surface area contributed by atoms with Gasteiger partial charge in [-0.1, -0.05) is 251 Å². The van der Waals surface area contributed by atoms with Crippen LogP contribution in [0, 0.1) is 11.3 Å². The Morgan fingerprint density at radius 2 is 0.798 bits per heavy atom. The van der Waals surface area contributed by atoms with Crippen molar-refractivity contribution < 1.29 is 0 Å². The van der Waals surface area contributed by atoms with Crippen LogP contribution in [-0.2, 0) is 18.3 Å².